The van der Waals surface area contributed by atoms with Gasteiger partial charge in [0.05, 0.1) is 6.61 Å². The molecule has 1 saturated heterocycles. The number of ether oxygens (including phenoxy) is 2. The predicted molar refractivity (Wildman–Crippen MR) is 74.6 cm³/mol. The lowest BCUT2D eigenvalue weighted by Crippen LogP contribution is -2.30. The Hall–Kier alpha value is -2.17. The Kier molecular flexibility index (Phi) is 4.73. The molecule has 1 fully saturated rings. The highest BCUT2D eigenvalue weighted by Crippen LogP contribution is 2.33. The quantitative estimate of drug-likeness (QED) is 0.471. The first-order chi connectivity index (χ1) is 10.0. The lowest BCUT2D eigenvalue weighted by atomic mass is 9.85. The third-order valence-electron chi connectivity index (χ3n) is 3.64. The van der Waals surface area contributed by atoms with Gasteiger partial charge in [0.1, 0.15) is 6.10 Å². The molecule has 21 heavy (non-hydrogen) atoms. The standard InChI is InChI=1S/C16H18O5/c1-3-20-15(18)14-12(10(2)21-16(14)19)9-13(17)11-7-5-4-6-8-11/h4-8,10,12,14H,3,9H2,1-2H3. The summed E-state index contributed by atoms with van der Waals surface area (Å²) in [5.41, 5.74) is 0.562. The van der Waals surface area contributed by atoms with Gasteiger partial charge in [-0.2, -0.15) is 0 Å². The second-order valence-electron chi connectivity index (χ2n) is 5.03. The van der Waals surface area contributed by atoms with E-state index in [2.05, 4.69) is 0 Å². The Morgan fingerprint density at radius 3 is 2.52 bits per heavy atom. The van der Waals surface area contributed by atoms with Crippen LogP contribution in [-0.2, 0) is 19.1 Å². The Labute approximate surface area is 123 Å². The number of ketones is 1. The Morgan fingerprint density at radius 2 is 1.90 bits per heavy atom. The Morgan fingerprint density at radius 1 is 1.24 bits per heavy atom. The van der Waals surface area contributed by atoms with Crippen LogP contribution in [0.2, 0.25) is 0 Å². The van der Waals surface area contributed by atoms with Gasteiger partial charge in [0, 0.05) is 17.9 Å². The summed E-state index contributed by atoms with van der Waals surface area (Å²) < 4.78 is 10.0. The van der Waals surface area contributed by atoms with Gasteiger partial charge in [-0.15, -0.1) is 0 Å². The molecule has 0 bridgehead atoms. The summed E-state index contributed by atoms with van der Waals surface area (Å²) in [6.07, 6.45) is -0.389. The van der Waals surface area contributed by atoms with Crippen molar-refractivity contribution in [3.8, 4) is 0 Å². The molecular weight excluding hydrogens is 272 g/mol. The number of Topliss-reactive ketones (excluding diaryl/α,β-unsaturated/α-hetero) is 1. The molecule has 3 atom stereocenters. The minimum absolute atomic E-state index is 0.0837. The smallest absolute Gasteiger partial charge is 0.321 e. The number of rotatable bonds is 5. The van der Waals surface area contributed by atoms with E-state index < -0.39 is 29.9 Å². The molecule has 1 aliphatic heterocycles. The fourth-order valence-electron chi connectivity index (χ4n) is 2.53. The zero-order valence-corrected chi connectivity index (χ0v) is 12.1. The van der Waals surface area contributed by atoms with Crippen molar-refractivity contribution < 1.29 is 23.9 Å². The summed E-state index contributed by atoms with van der Waals surface area (Å²) in [6.45, 7) is 3.56. The summed E-state index contributed by atoms with van der Waals surface area (Å²) in [5.74, 6) is -2.82. The molecule has 2 rings (SSSR count). The van der Waals surface area contributed by atoms with E-state index in [4.69, 9.17) is 9.47 Å². The minimum Gasteiger partial charge on any atom is -0.465 e. The van der Waals surface area contributed by atoms with Crippen LogP contribution in [0.1, 0.15) is 30.6 Å². The van der Waals surface area contributed by atoms with E-state index in [-0.39, 0.29) is 18.8 Å². The molecule has 1 heterocycles. The maximum atomic E-state index is 12.3. The molecule has 0 saturated carbocycles. The van der Waals surface area contributed by atoms with E-state index in [0.717, 1.165) is 0 Å². The van der Waals surface area contributed by atoms with Crippen molar-refractivity contribution in [3.63, 3.8) is 0 Å². The van der Waals surface area contributed by atoms with E-state index in [1.807, 2.05) is 6.07 Å². The molecule has 0 N–H and O–H groups in total. The van der Waals surface area contributed by atoms with E-state index in [1.165, 1.54) is 0 Å². The van der Waals surface area contributed by atoms with Crippen LogP contribution in [0.5, 0.6) is 0 Å². The zero-order valence-electron chi connectivity index (χ0n) is 12.1. The van der Waals surface area contributed by atoms with E-state index >= 15 is 0 Å². The largest absolute Gasteiger partial charge is 0.465 e. The molecule has 0 spiro atoms. The van der Waals surface area contributed by atoms with Crippen molar-refractivity contribution in [1.29, 1.82) is 0 Å². The Bertz CT molecular complexity index is 537. The molecule has 1 aliphatic rings. The van der Waals surface area contributed by atoms with Gasteiger partial charge in [-0.05, 0) is 13.8 Å². The molecule has 1 aromatic carbocycles. The summed E-state index contributed by atoms with van der Waals surface area (Å²) in [6, 6.07) is 8.79. The van der Waals surface area contributed by atoms with E-state index in [1.54, 1.807) is 38.1 Å². The first-order valence-electron chi connectivity index (χ1n) is 7.00. The van der Waals surface area contributed by atoms with Crippen LogP contribution in [0, 0.1) is 11.8 Å². The average molecular weight is 290 g/mol. The molecule has 3 unspecified atom stereocenters. The molecule has 0 amide bonds. The fraction of sp³-hybridized carbons (Fsp3) is 0.438. The third-order valence-corrected chi connectivity index (χ3v) is 3.64. The van der Waals surface area contributed by atoms with Gasteiger partial charge in [0.2, 0.25) is 0 Å². The summed E-state index contributed by atoms with van der Waals surface area (Å²) in [7, 11) is 0. The average Bonchev–Trinajstić information content (AvgIpc) is 2.74. The van der Waals surface area contributed by atoms with Crippen molar-refractivity contribution in [3.05, 3.63) is 35.9 Å². The molecule has 112 valence electrons. The molecular formula is C16H18O5. The van der Waals surface area contributed by atoms with E-state index in [0.29, 0.717) is 5.56 Å². The number of esters is 2. The lowest BCUT2D eigenvalue weighted by Gasteiger charge is -2.16. The topological polar surface area (TPSA) is 69.7 Å². The van der Waals surface area contributed by atoms with Crippen LogP contribution in [0.4, 0.5) is 0 Å². The summed E-state index contributed by atoms with van der Waals surface area (Å²) >= 11 is 0. The van der Waals surface area contributed by atoms with Gasteiger partial charge < -0.3 is 9.47 Å². The molecule has 0 radical (unpaired) electrons. The highest BCUT2D eigenvalue weighted by atomic mass is 16.6. The number of benzene rings is 1. The maximum absolute atomic E-state index is 12.3. The predicted octanol–water partition coefficient (Wildman–Crippen LogP) is 2.00. The second kappa shape index (κ2) is 6.52. The second-order valence-corrected chi connectivity index (χ2v) is 5.03. The van der Waals surface area contributed by atoms with Crippen molar-refractivity contribution >= 4 is 17.7 Å². The van der Waals surface area contributed by atoms with Crippen molar-refractivity contribution in [2.45, 2.75) is 26.4 Å². The fourth-order valence-corrected chi connectivity index (χ4v) is 2.53. The molecule has 5 nitrogen and oxygen atoms in total. The van der Waals surface area contributed by atoms with Gasteiger partial charge in [0.15, 0.2) is 11.7 Å². The van der Waals surface area contributed by atoms with Crippen molar-refractivity contribution in [1.82, 2.24) is 0 Å². The van der Waals surface area contributed by atoms with Gasteiger partial charge >= 0.3 is 11.9 Å². The van der Waals surface area contributed by atoms with Crippen LogP contribution in [0.15, 0.2) is 30.3 Å². The number of carbonyl (C=O) groups excluding carboxylic acids is 3. The van der Waals surface area contributed by atoms with Gasteiger partial charge in [0.25, 0.3) is 0 Å². The third kappa shape index (κ3) is 3.29. The van der Waals surface area contributed by atoms with Gasteiger partial charge in [-0.3, -0.25) is 14.4 Å². The monoisotopic (exact) mass is 290 g/mol. The number of carbonyl (C=O) groups is 3. The summed E-state index contributed by atoms with van der Waals surface area (Å²) in [5, 5.41) is 0. The number of hydrogen-bond acceptors (Lipinski definition) is 5. The van der Waals surface area contributed by atoms with Crippen LogP contribution >= 0.6 is 0 Å². The van der Waals surface area contributed by atoms with Crippen molar-refractivity contribution in [2.24, 2.45) is 11.8 Å². The summed E-state index contributed by atoms with van der Waals surface area (Å²) in [4.78, 5) is 36.0. The zero-order chi connectivity index (χ0) is 15.4. The van der Waals surface area contributed by atoms with Crippen molar-refractivity contribution in [2.75, 3.05) is 6.61 Å². The van der Waals surface area contributed by atoms with Gasteiger partial charge in [-0.1, -0.05) is 30.3 Å². The molecule has 0 aliphatic carbocycles. The maximum Gasteiger partial charge on any atom is 0.321 e. The highest BCUT2D eigenvalue weighted by Gasteiger charge is 2.48. The normalized spacial score (nSPS) is 24.5. The first-order valence-corrected chi connectivity index (χ1v) is 7.00. The van der Waals surface area contributed by atoms with Crippen LogP contribution in [0.25, 0.3) is 0 Å². The number of cyclic esters (lactones) is 1. The molecule has 5 heteroatoms. The van der Waals surface area contributed by atoms with E-state index in [9.17, 15) is 14.4 Å². The molecule has 1 aromatic rings. The highest BCUT2D eigenvalue weighted by molar-refractivity contribution is 6.00. The van der Waals surface area contributed by atoms with Crippen LogP contribution in [-0.4, -0.2) is 30.4 Å². The number of hydrogen-bond donors (Lipinski definition) is 0. The lowest BCUT2D eigenvalue weighted by molar-refractivity contribution is -0.156. The van der Waals surface area contributed by atoms with Crippen LogP contribution in [0.3, 0.4) is 0 Å². The first kappa shape index (κ1) is 15.2. The van der Waals surface area contributed by atoms with Gasteiger partial charge in [-0.25, -0.2) is 0 Å². The van der Waals surface area contributed by atoms with Crippen LogP contribution < -0.4 is 0 Å². The Balaban J connectivity index is 2.14. The molecule has 0 aromatic heterocycles. The SMILES string of the molecule is CCOC(=O)C1C(=O)OC(C)C1CC(=O)c1ccccc1. The minimum atomic E-state index is -1.01.